The number of methoxy groups -OCH3 is 1. The number of rotatable bonds is 5. The smallest absolute Gasteiger partial charge is 0.222 e. The Bertz CT molecular complexity index is 590. The third kappa shape index (κ3) is 4.21. The second kappa shape index (κ2) is 7.83. The van der Waals surface area contributed by atoms with Gasteiger partial charge in [0.25, 0.3) is 0 Å². The van der Waals surface area contributed by atoms with Gasteiger partial charge in [-0.15, -0.1) is 0 Å². The van der Waals surface area contributed by atoms with Crippen LogP contribution in [0, 0.1) is 17.7 Å². The second-order valence-corrected chi connectivity index (χ2v) is 7.72. The lowest BCUT2D eigenvalue weighted by Crippen LogP contribution is -2.47. The molecule has 2 aliphatic rings. The third-order valence-electron chi connectivity index (χ3n) is 5.94. The van der Waals surface area contributed by atoms with Crippen molar-refractivity contribution < 1.29 is 13.9 Å². The van der Waals surface area contributed by atoms with Crippen LogP contribution < -0.4 is 0 Å². The van der Waals surface area contributed by atoms with Crippen molar-refractivity contribution in [2.75, 3.05) is 34.3 Å². The molecule has 25 heavy (non-hydrogen) atoms. The van der Waals surface area contributed by atoms with Gasteiger partial charge in [0, 0.05) is 32.7 Å². The van der Waals surface area contributed by atoms with Crippen molar-refractivity contribution in [3.63, 3.8) is 0 Å². The number of fused-ring (bicyclic) bond motifs is 1. The maximum Gasteiger partial charge on any atom is 0.222 e. The molecule has 1 aromatic rings. The molecular weight excluding hydrogens is 319 g/mol. The van der Waals surface area contributed by atoms with Gasteiger partial charge >= 0.3 is 0 Å². The molecule has 2 fully saturated rings. The van der Waals surface area contributed by atoms with E-state index in [4.69, 9.17) is 4.74 Å². The first kappa shape index (κ1) is 18.3. The first-order chi connectivity index (χ1) is 12.0. The predicted octanol–water partition coefficient (Wildman–Crippen LogP) is 2.57. The number of likely N-dealkylation sites (N-methyl/N-ethyl adjacent to an activating group) is 1. The van der Waals surface area contributed by atoms with Crippen LogP contribution in [-0.2, 0) is 16.0 Å². The molecule has 0 bridgehead atoms. The molecule has 4 atom stereocenters. The van der Waals surface area contributed by atoms with Gasteiger partial charge in [-0.25, -0.2) is 4.39 Å². The topological polar surface area (TPSA) is 32.8 Å². The largest absolute Gasteiger partial charge is 0.380 e. The molecule has 0 spiro atoms. The Balaban J connectivity index is 1.55. The van der Waals surface area contributed by atoms with Gasteiger partial charge in [0.1, 0.15) is 5.82 Å². The van der Waals surface area contributed by atoms with E-state index in [0.717, 1.165) is 31.5 Å². The molecule has 138 valence electrons. The number of likely N-dealkylation sites (tertiary alicyclic amines) is 1. The monoisotopic (exact) mass is 348 g/mol. The van der Waals surface area contributed by atoms with E-state index in [1.54, 1.807) is 19.2 Å². The molecule has 1 aliphatic carbocycles. The lowest BCUT2D eigenvalue weighted by molar-refractivity contribution is -0.130. The van der Waals surface area contributed by atoms with Gasteiger partial charge in [0.05, 0.1) is 6.10 Å². The summed E-state index contributed by atoms with van der Waals surface area (Å²) in [5.74, 6) is 1.11. The Labute approximate surface area is 149 Å². The highest BCUT2D eigenvalue weighted by atomic mass is 19.1. The lowest BCUT2D eigenvalue weighted by Gasteiger charge is -2.40. The van der Waals surface area contributed by atoms with E-state index in [9.17, 15) is 9.18 Å². The third-order valence-corrected chi connectivity index (χ3v) is 5.94. The van der Waals surface area contributed by atoms with Crippen LogP contribution in [0.15, 0.2) is 24.3 Å². The van der Waals surface area contributed by atoms with Gasteiger partial charge < -0.3 is 14.5 Å². The van der Waals surface area contributed by atoms with E-state index in [-0.39, 0.29) is 17.8 Å². The fourth-order valence-corrected chi connectivity index (χ4v) is 4.45. The predicted molar refractivity (Wildman–Crippen MR) is 95.8 cm³/mol. The molecule has 1 amide bonds. The summed E-state index contributed by atoms with van der Waals surface area (Å²) in [6.45, 7) is 1.72. The van der Waals surface area contributed by atoms with E-state index in [1.807, 2.05) is 4.90 Å². The molecule has 1 saturated heterocycles. The number of hydrogen-bond acceptors (Lipinski definition) is 3. The first-order valence-corrected chi connectivity index (χ1v) is 9.19. The fraction of sp³-hybridized carbons (Fsp3) is 0.650. The van der Waals surface area contributed by atoms with E-state index in [2.05, 4.69) is 19.0 Å². The normalized spacial score (nSPS) is 29.1. The van der Waals surface area contributed by atoms with Crippen LogP contribution in [0.25, 0.3) is 0 Å². The van der Waals surface area contributed by atoms with Gasteiger partial charge in [0.15, 0.2) is 0 Å². The molecular formula is C20H29FN2O2. The average Bonchev–Trinajstić information content (AvgIpc) is 3.02. The molecule has 0 N–H and O–H groups in total. The SMILES string of the molecule is CO[C@@H]1C[C@H]2CN(C(=O)CCc3ccc(F)cc3)C[C@H]2C[C@H]1N(C)C. The number of benzene rings is 1. The molecule has 1 aliphatic heterocycles. The van der Waals surface area contributed by atoms with Gasteiger partial charge in [-0.1, -0.05) is 12.1 Å². The first-order valence-electron chi connectivity index (χ1n) is 9.19. The number of amides is 1. The number of nitrogens with zero attached hydrogens (tertiary/aromatic N) is 2. The number of hydrogen-bond donors (Lipinski definition) is 0. The second-order valence-electron chi connectivity index (χ2n) is 7.72. The Hall–Kier alpha value is -1.46. The van der Waals surface area contributed by atoms with Crippen molar-refractivity contribution in [1.29, 1.82) is 0 Å². The van der Waals surface area contributed by atoms with E-state index < -0.39 is 0 Å². The number of carbonyl (C=O) groups excluding carboxylic acids is 1. The summed E-state index contributed by atoms with van der Waals surface area (Å²) in [7, 11) is 6.01. The van der Waals surface area contributed by atoms with Crippen molar-refractivity contribution >= 4 is 5.91 Å². The van der Waals surface area contributed by atoms with E-state index in [1.165, 1.54) is 12.1 Å². The van der Waals surface area contributed by atoms with E-state index >= 15 is 0 Å². The van der Waals surface area contributed by atoms with Crippen LogP contribution in [0.1, 0.15) is 24.8 Å². The summed E-state index contributed by atoms with van der Waals surface area (Å²) in [5, 5.41) is 0. The van der Waals surface area contributed by atoms with Gasteiger partial charge in [-0.05, 0) is 62.9 Å². The summed E-state index contributed by atoms with van der Waals surface area (Å²) >= 11 is 0. The molecule has 4 nitrogen and oxygen atoms in total. The highest BCUT2D eigenvalue weighted by molar-refractivity contribution is 5.76. The minimum absolute atomic E-state index is 0.217. The molecule has 0 radical (unpaired) electrons. The molecule has 1 aromatic carbocycles. The van der Waals surface area contributed by atoms with Gasteiger partial charge in [-0.3, -0.25) is 4.79 Å². The minimum Gasteiger partial charge on any atom is -0.380 e. The quantitative estimate of drug-likeness (QED) is 0.820. The highest BCUT2D eigenvalue weighted by Gasteiger charge is 2.43. The Kier molecular flexibility index (Phi) is 5.74. The highest BCUT2D eigenvalue weighted by Crippen LogP contribution is 2.39. The fourth-order valence-electron chi connectivity index (χ4n) is 4.45. The van der Waals surface area contributed by atoms with Crippen LogP contribution in [-0.4, -0.2) is 62.1 Å². The van der Waals surface area contributed by atoms with Crippen LogP contribution in [0.5, 0.6) is 0 Å². The number of halogens is 1. The van der Waals surface area contributed by atoms with Crippen LogP contribution in [0.3, 0.4) is 0 Å². The van der Waals surface area contributed by atoms with Crippen molar-refractivity contribution in [2.45, 2.75) is 37.8 Å². The number of ether oxygens (including phenoxy) is 1. The Morgan fingerprint density at radius 1 is 1.20 bits per heavy atom. The average molecular weight is 348 g/mol. The standard InChI is InChI=1S/C20H29FN2O2/c1-22(2)18-10-15-12-23(13-16(15)11-19(18)25-3)20(24)9-6-14-4-7-17(21)8-5-14/h4-5,7-8,15-16,18-19H,6,9-13H2,1-3H3/t15-,16+,18-,19-/m1/s1. The zero-order valence-electron chi connectivity index (χ0n) is 15.5. The van der Waals surface area contributed by atoms with Crippen molar-refractivity contribution in [2.24, 2.45) is 11.8 Å². The zero-order valence-corrected chi connectivity index (χ0v) is 15.5. The maximum absolute atomic E-state index is 13.0. The summed E-state index contributed by atoms with van der Waals surface area (Å²) in [6, 6.07) is 6.86. The molecule has 5 heteroatoms. The molecule has 1 heterocycles. The number of carbonyl (C=O) groups is 1. The Morgan fingerprint density at radius 3 is 2.44 bits per heavy atom. The van der Waals surface area contributed by atoms with Gasteiger partial charge in [-0.2, -0.15) is 0 Å². The van der Waals surface area contributed by atoms with Crippen LogP contribution >= 0.6 is 0 Å². The summed E-state index contributed by atoms with van der Waals surface area (Å²) < 4.78 is 18.7. The molecule has 1 saturated carbocycles. The molecule has 0 aromatic heterocycles. The van der Waals surface area contributed by atoms with Crippen molar-refractivity contribution in [3.05, 3.63) is 35.6 Å². The molecule has 3 rings (SSSR count). The summed E-state index contributed by atoms with van der Waals surface area (Å²) in [5.41, 5.74) is 1.01. The van der Waals surface area contributed by atoms with Crippen molar-refractivity contribution in [1.82, 2.24) is 9.80 Å². The summed E-state index contributed by atoms with van der Waals surface area (Å²) in [6.07, 6.45) is 3.55. The van der Waals surface area contributed by atoms with Crippen LogP contribution in [0.4, 0.5) is 4.39 Å². The number of aryl methyl sites for hydroxylation is 1. The van der Waals surface area contributed by atoms with Crippen molar-refractivity contribution in [3.8, 4) is 0 Å². The summed E-state index contributed by atoms with van der Waals surface area (Å²) in [4.78, 5) is 16.9. The molecule has 0 unspecified atom stereocenters. The van der Waals surface area contributed by atoms with Crippen LogP contribution in [0.2, 0.25) is 0 Å². The lowest BCUT2D eigenvalue weighted by atomic mass is 9.77. The Morgan fingerprint density at radius 2 is 1.84 bits per heavy atom. The van der Waals surface area contributed by atoms with E-state index in [0.29, 0.717) is 30.7 Å². The minimum atomic E-state index is -0.234. The maximum atomic E-state index is 13.0. The zero-order chi connectivity index (χ0) is 18.0. The van der Waals surface area contributed by atoms with Gasteiger partial charge in [0.2, 0.25) is 5.91 Å².